The lowest BCUT2D eigenvalue weighted by molar-refractivity contribution is 0.969. The van der Waals surface area contributed by atoms with Crippen molar-refractivity contribution in [1.29, 1.82) is 0 Å². The van der Waals surface area contributed by atoms with Crippen molar-refractivity contribution in [3.63, 3.8) is 0 Å². The lowest BCUT2D eigenvalue weighted by Gasteiger charge is -2.08. The molecule has 0 N–H and O–H groups in total. The van der Waals surface area contributed by atoms with Crippen molar-refractivity contribution in [3.8, 4) is 0 Å². The lowest BCUT2D eigenvalue weighted by Crippen LogP contribution is -1.89. The molecule has 0 unspecified atom stereocenters. The normalized spacial score (nSPS) is 21.7. The summed E-state index contributed by atoms with van der Waals surface area (Å²) in [6.45, 7) is 4.34. The zero-order valence-electron chi connectivity index (χ0n) is 8.62. The Morgan fingerprint density at radius 3 is 2.93 bits per heavy atom. The average Bonchev–Trinajstić information content (AvgIpc) is 2.07. The largest absolute Gasteiger partial charge is 0.0856 e. The number of hydrogen-bond acceptors (Lipinski definition) is 4. The fraction of sp³-hybridized carbons (Fsp3) is 0.600. The van der Waals surface area contributed by atoms with E-state index in [1.165, 1.54) is 29.9 Å². The van der Waals surface area contributed by atoms with Crippen molar-refractivity contribution in [3.05, 3.63) is 23.3 Å². The molecule has 0 aromatic heterocycles. The van der Waals surface area contributed by atoms with Crippen LogP contribution in [0.1, 0.15) is 26.7 Å². The van der Waals surface area contributed by atoms with E-state index in [-0.39, 0.29) is 0 Å². The zero-order chi connectivity index (χ0) is 10.2. The van der Waals surface area contributed by atoms with Crippen molar-refractivity contribution >= 4 is 41.2 Å². The molecule has 0 saturated heterocycles. The van der Waals surface area contributed by atoms with E-state index >= 15 is 0 Å². The minimum Gasteiger partial charge on any atom is -0.0856 e. The second-order valence-corrected chi connectivity index (χ2v) is 9.41. The van der Waals surface area contributed by atoms with Crippen LogP contribution in [0, 0.1) is 0 Å². The summed E-state index contributed by atoms with van der Waals surface area (Å²) >= 11 is 0. The molecule has 4 heteroatoms. The Bertz CT molecular complexity index is 216. The van der Waals surface area contributed by atoms with E-state index in [1.807, 2.05) is 41.2 Å². The standard InChI is InChI=1S/C10H16S4/c1-9(2)4-3-5-10-6-7-11-13-14-12-8-10/h4,6H,3,5,7-8H2,1-2H3/b10-6-. The number of allylic oxidation sites excluding steroid dienone is 2. The Kier molecular flexibility index (Phi) is 7.47. The quantitative estimate of drug-likeness (QED) is 0.497. The summed E-state index contributed by atoms with van der Waals surface area (Å²) in [6.07, 6.45) is 7.18. The molecule has 1 aliphatic rings. The van der Waals surface area contributed by atoms with Gasteiger partial charge in [-0.15, -0.1) is 0 Å². The third-order valence-electron chi connectivity index (χ3n) is 1.83. The second-order valence-electron chi connectivity index (χ2n) is 3.37. The second kappa shape index (κ2) is 8.08. The highest BCUT2D eigenvalue weighted by Crippen LogP contribution is 2.45. The van der Waals surface area contributed by atoms with Gasteiger partial charge in [0.05, 0.1) is 0 Å². The van der Waals surface area contributed by atoms with E-state index in [4.69, 9.17) is 0 Å². The first-order valence-corrected chi connectivity index (χ1v) is 9.83. The van der Waals surface area contributed by atoms with Crippen molar-refractivity contribution in [2.24, 2.45) is 0 Å². The van der Waals surface area contributed by atoms with E-state index in [9.17, 15) is 0 Å². The highest BCUT2D eigenvalue weighted by atomic mass is 33.7. The van der Waals surface area contributed by atoms with Gasteiger partial charge in [0, 0.05) is 11.5 Å². The molecule has 80 valence electrons. The van der Waals surface area contributed by atoms with Crippen molar-refractivity contribution in [2.45, 2.75) is 26.7 Å². The van der Waals surface area contributed by atoms with Crippen molar-refractivity contribution in [1.82, 2.24) is 0 Å². The monoisotopic (exact) mass is 264 g/mol. The molecular weight excluding hydrogens is 248 g/mol. The molecule has 0 bridgehead atoms. The Labute approximate surface area is 102 Å². The Balaban J connectivity index is 2.29. The van der Waals surface area contributed by atoms with Crippen molar-refractivity contribution in [2.75, 3.05) is 11.5 Å². The van der Waals surface area contributed by atoms with Gasteiger partial charge in [-0.1, -0.05) is 44.9 Å². The molecule has 1 aliphatic heterocycles. The highest BCUT2D eigenvalue weighted by molar-refractivity contribution is 9.26. The van der Waals surface area contributed by atoms with Crippen LogP contribution in [0.4, 0.5) is 0 Å². The van der Waals surface area contributed by atoms with Gasteiger partial charge in [-0.3, -0.25) is 0 Å². The zero-order valence-corrected chi connectivity index (χ0v) is 11.9. The maximum Gasteiger partial charge on any atom is 0.0256 e. The van der Waals surface area contributed by atoms with Crippen LogP contribution in [0.15, 0.2) is 23.3 Å². The highest BCUT2D eigenvalue weighted by Gasteiger charge is 2.02. The lowest BCUT2D eigenvalue weighted by atomic mass is 10.1. The summed E-state index contributed by atoms with van der Waals surface area (Å²) in [4.78, 5) is 0. The number of hydrogen-bond donors (Lipinski definition) is 0. The molecule has 0 spiro atoms. The third-order valence-corrected chi connectivity index (χ3v) is 8.10. The summed E-state index contributed by atoms with van der Waals surface area (Å²) in [5.41, 5.74) is 3.05. The smallest absolute Gasteiger partial charge is 0.0256 e. The summed E-state index contributed by atoms with van der Waals surface area (Å²) in [5.74, 6) is 2.37. The number of rotatable bonds is 3. The maximum absolute atomic E-state index is 2.41. The molecule has 0 aromatic carbocycles. The van der Waals surface area contributed by atoms with Gasteiger partial charge in [0.15, 0.2) is 0 Å². The molecule has 1 rings (SSSR count). The molecule has 1 heterocycles. The Hall–Kier alpha value is 0.880. The van der Waals surface area contributed by atoms with E-state index in [0.29, 0.717) is 0 Å². The van der Waals surface area contributed by atoms with Crippen LogP contribution in [0.2, 0.25) is 0 Å². The first kappa shape index (κ1) is 12.9. The summed E-state index contributed by atoms with van der Waals surface area (Å²) < 4.78 is 0. The predicted octanol–water partition coefficient (Wildman–Crippen LogP) is 5.35. The van der Waals surface area contributed by atoms with E-state index in [1.54, 1.807) is 5.57 Å². The fourth-order valence-corrected chi connectivity index (χ4v) is 6.96. The SMILES string of the molecule is CC(C)=CCC/C1=C/CSSSSC1. The summed E-state index contributed by atoms with van der Waals surface area (Å²) in [6, 6.07) is 0. The van der Waals surface area contributed by atoms with Gasteiger partial charge >= 0.3 is 0 Å². The Morgan fingerprint density at radius 2 is 2.14 bits per heavy atom. The maximum atomic E-state index is 2.41. The first-order valence-electron chi connectivity index (χ1n) is 4.68. The molecule has 0 atom stereocenters. The topological polar surface area (TPSA) is 0 Å². The van der Waals surface area contributed by atoms with Gasteiger partial charge < -0.3 is 0 Å². The van der Waals surface area contributed by atoms with Gasteiger partial charge in [-0.25, -0.2) is 0 Å². The van der Waals surface area contributed by atoms with E-state index in [2.05, 4.69) is 26.0 Å². The van der Waals surface area contributed by atoms with Crippen LogP contribution in [-0.2, 0) is 0 Å². The molecule has 14 heavy (non-hydrogen) atoms. The molecular formula is C10H16S4. The summed E-state index contributed by atoms with van der Waals surface area (Å²) in [5, 5.41) is 0. The first-order chi connectivity index (χ1) is 6.79. The molecule has 0 nitrogen and oxygen atoms in total. The molecule has 0 aliphatic carbocycles. The van der Waals surface area contributed by atoms with Gasteiger partial charge in [-0.2, -0.15) is 0 Å². The minimum atomic E-state index is 1.17. The predicted molar refractivity (Wildman–Crippen MR) is 76.8 cm³/mol. The molecule has 0 amide bonds. The minimum absolute atomic E-state index is 1.17. The van der Waals surface area contributed by atoms with E-state index in [0.717, 1.165) is 0 Å². The molecule has 0 fully saturated rings. The molecule has 0 saturated carbocycles. The van der Waals surface area contributed by atoms with E-state index < -0.39 is 0 Å². The van der Waals surface area contributed by atoms with Crippen molar-refractivity contribution < 1.29 is 0 Å². The summed E-state index contributed by atoms with van der Waals surface area (Å²) in [7, 11) is 7.72. The average molecular weight is 265 g/mol. The van der Waals surface area contributed by atoms with Crippen LogP contribution in [0.3, 0.4) is 0 Å². The van der Waals surface area contributed by atoms with Crippen LogP contribution in [0.5, 0.6) is 0 Å². The van der Waals surface area contributed by atoms with Crippen LogP contribution in [-0.4, -0.2) is 11.5 Å². The third kappa shape index (κ3) is 6.38. The van der Waals surface area contributed by atoms with Crippen LogP contribution >= 0.6 is 41.2 Å². The van der Waals surface area contributed by atoms with Gasteiger partial charge in [0.2, 0.25) is 0 Å². The van der Waals surface area contributed by atoms with Gasteiger partial charge in [0.25, 0.3) is 0 Å². The van der Waals surface area contributed by atoms with Crippen LogP contribution < -0.4 is 0 Å². The van der Waals surface area contributed by atoms with Gasteiger partial charge in [-0.05, 0) is 46.3 Å². The molecule has 0 aromatic rings. The van der Waals surface area contributed by atoms with Gasteiger partial charge in [0.1, 0.15) is 0 Å². The van der Waals surface area contributed by atoms with Crippen LogP contribution in [0.25, 0.3) is 0 Å². The fourth-order valence-electron chi connectivity index (χ4n) is 1.10. The molecule has 0 radical (unpaired) electrons. The Morgan fingerprint density at radius 1 is 1.36 bits per heavy atom.